The molecule has 0 amide bonds. The van der Waals surface area contributed by atoms with Crippen LogP contribution in [0.3, 0.4) is 0 Å². The zero-order chi connectivity index (χ0) is 20.5. The molecule has 2 bridgehead atoms. The van der Waals surface area contributed by atoms with Crippen molar-refractivity contribution < 1.29 is 12.1 Å². The molecule has 3 aliphatic carbocycles. The van der Waals surface area contributed by atoms with E-state index < -0.39 is 22.5 Å². The summed E-state index contributed by atoms with van der Waals surface area (Å²) in [5.41, 5.74) is 2.66. The van der Waals surface area contributed by atoms with Gasteiger partial charge in [-0.2, -0.15) is 0 Å². The molecular weight excluding hydrogens is 431 g/mol. The number of hydrogen-bond acceptors (Lipinski definition) is 3. The van der Waals surface area contributed by atoms with E-state index in [1.165, 1.54) is 5.57 Å². The predicted octanol–water partition coefficient (Wildman–Crippen LogP) is 6.04. The zero-order valence-electron chi connectivity index (χ0n) is 18.2. The molecule has 3 nitrogen and oxygen atoms in total. The van der Waals surface area contributed by atoms with Gasteiger partial charge in [-0.25, -0.2) is 0 Å². The third kappa shape index (κ3) is 3.14. The topological polar surface area (TPSA) is 35.5 Å². The molecular formula is C23H34O3SeSi. The average molecular weight is 466 g/mol. The Morgan fingerprint density at radius 1 is 1.18 bits per heavy atom. The molecule has 1 aliphatic heterocycles. The van der Waals surface area contributed by atoms with Crippen LogP contribution in [-0.4, -0.2) is 28.6 Å². The first kappa shape index (κ1) is 20.7. The SMILES string of the molecule is CC1(C)[C@@H]2C[C@H]1C1=C[C@@H](c3ccccc3)O[Se](=O)[C@H]1[C@@H]2O[Si](C)(C)C(C)(C)C. The molecule has 0 aromatic heterocycles. The van der Waals surface area contributed by atoms with Crippen molar-refractivity contribution in [2.75, 3.05) is 0 Å². The molecule has 0 radical (unpaired) electrons. The van der Waals surface area contributed by atoms with Crippen LogP contribution in [0, 0.1) is 17.3 Å². The van der Waals surface area contributed by atoms with Gasteiger partial charge in [0, 0.05) is 0 Å². The van der Waals surface area contributed by atoms with Crippen molar-refractivity contribution in [3.05, 3.63) is 47.5 Å². The maximum atomic E-state index is 13.4. The van der Waals surface area contributed by atoms with Crippen molar-refractivity contribution in [3.8, 4) is 0 Å². The van der Waals surface area contributed by atoms with Crippen LogP contribution in [0.1, 0.15) is 52.7 Å². The summed E-state index contributed by atoms with van der Waals surface area (Å²) in [6.45, 7) is 16.2. The fourth-order valence-corrected chi connectivity index (χ4v) is 9.47. The van der Waals surface area contributed by atoms with E-state index in [4.69, 9.17) is 8.25 Å². The van der Waals surface area contributed by atoms with E-state index in [2.05, 4.69) is 65.9 Å². The van der Waals surface area contributed by atoms with Crippen LogP contribution in [-0.2, 0) is 12.1 Å². The predicted molar refractivity (Wildman–Crippen MR) is 116 cm³/mol. The van der Waals surface area contributed by atoms with Crippen LogP contribution >= 0.6 is 0 Å². The van der Waals surface area contributed by atoms with E-state index >= 15 is 0 Å². The van der Waals surface area contributed by atoms with Crippen molar-refractivity contribution in [1.82, 2.24) is 0 Å². The van der Waals surface area contributed by atoms with E-state index in [1.807, 2.05) is 18.2 Å². The Hall–Kier alpha value is -0.584. The summed E-state index contributed by atoms with van der Waals surface area (Å²) in [4.78, 5) is -0.0223. The van der Waals surface area contributed by atoms with Crippen molar-refractivity contribution >= 4 is 22.5 Å². The number of hydrogen-bond donors (Lipinski definition) is 0. The van der Waals surface area contributed by atoms with Gasteiger partial charge in [-0.3, -0.25) is 0 Å². The van der Waals surface area contributed by atoms with Crippen molar-refractivity contribution in [3.63, 3.8) is 0 Å². The Bertz CT molecular complexity index is 809. The molecule has 0 spiro atoms. The van der Waals surface area contributed by atoms with Gasteiger partial charge in [0.15, 0.2) is 0 Å². The van der Waals surface area contributed by atoms with Gasteiger partial charge in [-0.15, -0.1) is 0 Å². The van der Waals surface area contributed by atoms with Crippen molar-refractivity contribution in [1.29, 1.82) is 0 Å². The molecule has 3 fully saturated rings. The van der Waals surface area contributed by atoms with E-state index in [1.54, 1.807) is 0 Å². The van der Waals surface area contributed by atoms with Crippen LogP contribution in [0.2, 0.25) is 22.9 Å². The van der Waals surface area contributed by atoms with Gasteiger partial charge in [0.1, 0.15) is 0 Å². The van der Waals surface area contributed by atoms with Gasteiger partial charge in [0.05, 0.1) is 0 Å². The summed E-state index contributed by atoms with van der Waals surface area (Å²) in [7, 11) is -1.96. The second-order valence-electron chi connectivity index (χ2n) is 10.8. The van der Waals surface area contributed by atoms with E-state index in [9.17, 15) is 3.83 Å². The van der Waals surface area contributed by atoms with Crippen LogP contribution in [0.5, 0.6) is 0 Å². The van der Waals surface area contributed by atoms with E-state index in [0.29, 0.717) is 11.8 Å². The molecule has 28 heavy (non-hydrogen) atoms. The minimum atomic E-state index is -2.49. The van der Waals surface area contributed by atoms with Crippen LogP contribution < -0.4 is 0 Å². The van der Waals surface area contributed by atoms with Gasteiger partial charge in [0.25, 0.3) is 0 Å². The minimum absolute atomic E-state index is 0.0223. The van der Waals surface area contributed by atoms with Crippen LogP contribution in [0.15, 0.2) is 42.0 Å². The van der Waals surface area contributed by atoms with Gasteiger partial charge in [0.2, 0.25) is 0 Å². The average Bonchev–Trinajstić information content (AvgIpc) is 2.60. The van der Waals surface area contributed by atoms with E-state index in [-0.39, 0.29) is 27.5 Å². The van der Waals surface area contributed by atoms with E-state index in [0.717, 1.165) is 12.0 Å². The summed E-state index contributed by atoms with van der Waals surface area (Å²) in [5, 5.41) is 0.141. The van der Waals surface area contributed by atoms with Crippen molar-refractivity contribution in [2.24, 2.45) is 17.3 Å². The van der Waals surface area contributed by atoms with Crippen LogP contribution in [0.4, 0.5) is 0 Å². The molecule has 5 rings (SSSR count). The van der Waals surface area contributed by atoms with Gasteiger partial charge in [-0.1, -0.05) is 0 Å². The quantitative estimate of drug-likeness (QED) is 0.403. The summed E-state index contributed by atoms with van der Waals surface area (Å²) in [5.74, 6) is 0.989. The standard InChI is InChI=1S/C23H34O3SeSi/c1-22(2,3)28(6,7)26-20-18-14-17(23(18,4)5)16-13-19(25-27(24)21(16)20)15-11-9-8-10-12-15/h8-13,17-21H,14H2,1-7H3/t17-,18+,19-,20+,21+,27?/m0/s1. The molecule has 1 aromatic rings. The fourth-order valence-electron chi connectivity index (χ4n) is 4.93. The maximum absolute atomic E-state index is 13.4. The van der Waals surface area contributed by atoms with Crippen LogP contribution in [0.25, 0.3) is 0 Å². The molecule has 1 aromatic carbocycles. The Balaban J connectivity index is 1.72. The summed E-state index contributed by atoms with van der Waals surface area (Å²) >= 11 is -2.49. The monoisotopic (exact) mass is 466 g/mol. The molecule has 0 saturated heterocycles. The molecule has 154 valence electrons. The van der Waals surface area contributed by atoms with Gasteiger partial charge in [-0.05, 0) is 0 Å². The molecule has 5 heteroatoms. The number of rotatable bonds is 3. The first-order valence-corrected chi connectivity index (χ1v) is 15.7. The first-order chi connectivity index (χ1) is 12.9. The second kappa shape index (κ2) is 6.71. The Morgan fingerprint density at radius 3 is 2.39 bits per heavy atom. The Kier molecular flexibility index (Phi) is 4.96. The van der Waals surface area contributed by atoms with Gasteiger partial charge >= 0.3 is 176 Å². The second-order valence-corrected chi connectivity index (χ2v) is 18.2. The molecule has 1 heterocycles. The molecule has 1 unspecified atom stereocenters. The normalized spacial score (nSPS) is 36.9. The first-order valence-electron chi connectivity index (χ1n) is 10.5. The third-order valence-corrected chi connectivity index (χ3v) is 15.2. The fraction of sp³-hybridized carbons (Fsp3) is 0.652. The Labute approximate surface area is 175 Å². The van der Waals surface area contributed by atoms with Crippen molar-refractivity contribution in [2.45, 2.75) is 76.2 Å². The molecule has 4 aliphatic rings. The molecule has 0 N–H and O–H groups in total. The van der Waals surface area contributed by atoms with Gasteiger partial charge < -0.3 is 0 Å². The summed E-state index contributed by atoms with van der Waals surface area (Å²) in [6, 6.07) is 10.2. The summed E-state index contributed by atoms with van der Waals surface area (Å²) < 4.78 is 26.5. The third-order valence-electron chi connectivity index (χ3n) is 7.88. The molecule has 6 atom stereocenters. The summed E-state index contributed by atoms with van der Waals surface area (Å²) in [6.07, 6.45) is 3.29. The zero-order valence-corrected chi connectivity index (χ0v) is 20.9. The Morgan fingerprint density at radius 2 is 1.82 bits per heavy atom. The number of benzene rings is 1. The molecule has 3 saturated carbocycles.